The number of hydrogen-bond acceptors (Lipinski definition) is 1. The van der Waals surface area contributed by atoms with Crippen LogP contribution in [0.5, 0.6) is 0 Å². The zero-order valence-electron chi connectivity index (χ0n) is 14.5. The summed E-state index contributed by atoms with van der Waals surface area (Å²) in [6, 6.07) is 36.8. The molecule has 1 nitrogen and oxygen atoms in total. The molecule has 0 saturated heterocycles. The first-order valence-corrected chi connectivity index (χ1v) is 8.75. The molecule has 4 aromatic carbocycles. The summed E-state index contributed by atoms with van der Waals surface area (Å²) in [4.78, 5) is 4.95. The normalized spacial score (nSPS) is 10.7. The second-order valence-corrected chi connectivity index (χ2v) is 6.38. The first-order chi connectivity index (χ1) is 12.9. The number of pyridine rings is 1. The van der Waals surface area contributed by atoms with Crippen molar-refractivity contribution in [3.05, 3.63) is 103 Å². The summed E-state index contributed by atoms with van der Waals surface area (Å²) in [7, 11) is 0. The van der Waals surface area contributed by atoms with Crippen LogP contribution in [-0.4, -0.2) is 4.98 Å². The Labute approximate surface area is 172 Å². The molecule has 0 unspecified atom stereocenters. The zero-order chi connectivity index (χ0) is 17.3. The average Bonchev–Trinajstić information content (AvgIpc) is 2.74. The SMILES string of the molecule is [Ir].[c-]1ccccc1-c1cc(-c2ccccc2)c2c(ccc3ccccc32)n1. The number of rotatable bonds is 2. The van der Waals surface area contributed by atoms with Gasteiger partial charge in [0, 0.05) is 25.5 Å². The van der Waals surface area contributed by atoms with Crippen molar-refractivity contribution in [1.82, 2.24) is 4.98 Å². The van der Waals surface area contributed by atoms with Gasteiger partial charge in [0.25, 0.3) is 0 Å². The summed E-state index contributed by atoms with van der Waals surface area (Å²) in [5.74, 6) is 0. The summed E-state index contributed by atoms with van der Waals surface area (Å²) in [6.07, 6.45) is 0. The van der Waals surface area contributed by atoms with Crippen molar-refractivity contribution in [1.29, 1.82) is 0 Å². The average molecular weight is 523 g/mol. The maximum atomic E-state index is 4.95. The van der Waals surface area contributed by atoms with Crippen molar-refractivity contribution in [2.45, 2.75) is 0 Å². The first-order valence-electron chi connectivity index (χ1n) is 8.75. The molecule has 0 amide bonds. The van der Waals surface area contributed by atoms with E-state index >= 15 is 0 Å². The van der Waals surface area contributed by atoms with Crippen molar-refractivity contribution in [3.8, 4) is 22.4 Å². The zero-order valence-corrected chi connectivity index (χ0v) is 16.9. The van der Waals surface area contributed by atoms with Gasteiger partial charge in [-0.2, -0.15) is 0 Å². The molecule has 0 fully saturated rings. The van der Waals surface area contributed by atoms with E-state index in [0.29, 0.717) is 0 Å². The second kappa shape index (κ2) is 7.44. The molecule has 0 spiro atoms. The predicted molar refractivity (Wildman–Crippen MR) is 109 cm³/mol. The number of hydrogen-bond donors (Lipinski definition) is 0. The molecule has 2 heteroatoms. The van der Waals surface area contributed by atoms with E-state index in [2.05, 4.69) is 84.9 Å². The van der Waals surface area contributed by atoms with Crippen molar-refractivity contribution in [3.63, 3.8) is 0 Å². The minimum absolute atomic E-state index is 0. The van der Waals surface area contributed by atoms with Gasteiger partial charge in [0.15, 0.2) is 0 Å². The molecule has 1 radical (unpaired) electrons. The Kier molecular flexibility index (Phi) is 4.85. The molecule has 0 aliphatic heterocycles. The van der Waals surface area contributed by atoms with E-state index in [1.807, 2.05) is 18.2 Å². The van der Waals surface area contributed by atoms with Gasteiger partial charge in [0.05, 0.1) is 5.52 Å². The number of nitrogens with zero attached hydrogens (tertiary/aromatic N) is 1. The fourth-order valence-corrected chi connectivity index (χ4v) is 3.54. The Bertz CT molecular complexity index is 1210. The van der Waals surface area contributed by atoms with E-state index in [-0.39, 0.29) is 20.1 Å². The van der Waals surface area contributed by atoms with Gasteiger partial charge in [0.2, 0.25) is 0 Å². The third-order valence-electron chi connectivity index (χ3n) is 4.77. The number of fused-ring (bicyclic) bond motifs is 3. The van der Waals surface area contributed by atoms with Crippen LogP contribution in [0.4, 0.5) is 0 Å². The third kappa shape index (κ3) is 3.19. The van der Waals surface area contributed by atoms with Crippen molar-refractivity contribution < 1.29 is 20.1 Å². The first kappa shape index (κ1) is 17.6. The molecule has 0 bridgehead atoms. The summed E-state index contributed by atoms with van der Waals surface area (Å²) in [5, 5.41) is 3.67. The van der Waals surface area contributed by atoms with E-state index in [1.54, 1.807) is 0 Å². The molecule has 0 aliphatic carbocycles. The van der Waals surface area contributed by atoms with Crippen molar-refractivity contribution in [2.24, 2.45) is 0 Å². The number of benzene rings is 4. The minimum atomic E-state index is 0. The molecule has 0 atom stereocenters. The van der Waals surface area contributed by atoms with E-state index in [1.165, 1.54) is 27.3 Å². The van der Waals surface area contributed by atoms with Crippen molar-refractivity contribution >= 4 is 21.7 Å². The smallest absolute Gasteiger partial charge is 0.0608 e. The Morgan fingerprint density at radius 1 is 0.704 bits per heavy atom. The largest absolute Gasteiger partial charge is 0.296 e. The third-order valence-corrected chi connectivity index (χ3v) is 4.77. The Morgan fingerprint density at radius 2 is 1.48 bits per heavy atom. The minimum Gasteiger partial charge on any atom is -0.296 e. The van der Waals surface area contributed by atoms with Gasteiger partial charge in [-0.1, -0.05) is 66.7 Å². The van der Waals surface area contributed by atoms with Gasteiger partial charge >= 0.3 is 0 Å². The molecule has 1 heterocycles. The van der Waals surface area contributed by atoms with Crippen LogP contribution in [0.3, 0.4) is 0 Å². The monoisotopic (exact) mass is 523 g/mol. The summed E-state index contributed by atoms with van der Waals surface area (Å²) in [5.41, 5.74) is 5.39. The van der Waals surface area contributed by atoms with E-state index < -0.39 is 0 Å². The molecule has 5 rings (SSSR count). The fraction of sp³-hybridized carbons (Fsp3) is 0. The standard InChI is InChI=1S/C25H16N.Ir/c1-3-9-18(10-4-1)22-17-24(20-12-5-2-6-13-20)26-23-16-15-19-11-7-8-14-21(19)25(22)23;/h1-12,14-17H;/q-1;. The Balaban J connectivity index is 0.00000180. The van der Waals surface area contributed by atoms with Crippen LogP contribution < -0.4 is 0 Å². The topological polar surface area (TPSA) is 12.9 Å². The summed E-state index contributed by atoms with van der Waals surface area (Å²) in [6.45, 7) is 0. The van der Waals surface area contributed by atoms with Gasteiger partial charge < -0.3 is 0 Å². The maximum absolute atomic E-state index is 4.95. The summed E-state index contributed by atoms with van der Waals surface area (Å²) >= 11 is 0. The molecule has 0 saturated carbocycles. The van der Waals surface area contributed by atoms with Crippen LogP contribution in [0.15, 0.2) is 97.1 Å². The Hall–Kier alpha value is -2.80. The van der Waals surface area contributed by atoms with Gasteiger partial charge in [-0.05, 0) is 33.7 Å². The molecular formula is C25H16IrN-. The van der Waals surface area contributed by atoms with Crippen LogP contribution in [-0.2, 0) is 20.1 Å². The number of aromatic nitrogens is 1. The maximum Gasteiger partial charge on any atom is 0.0608 e. The van der Waals surface area contributed by atoms with Gasteiger partial charge in [0.1, 0.15) is 0 Å². The van der Waals surface area contributed by atoms with Crippen molar-refractivity contribution in [2.75, 3.05) is 0 Å². The van der Waals surface area contributed by atoms with Crippen LogP contribution >= 0.6 is 0 Å². The van der Waals surface area contributed by atoms with E-state index in [0.717, 1.165) is 16.8 Å². The van der Waals surface area contributed by atoms with Gasteiger partial charge in [-0.15, -0.1) is 35.9 Å². The molecule has 131 valence electrons. The van der Waals surface area contributed by atoms with E-state index in [4.69, 9.17) is 4.98 Å². The second-order valence-electron chi connectivity index (χ2n) is 6.38. The quantitative estimate of drug-likeness (QED) is 0.190. The molecular weight excluding hydrogens is 506 g/mol. The molecule has 27 heavy (non-hydrogen) atoms. The van der Waals surface area contributed by atoms with Crippen LogP contribution in [0.1, 0.15) is 0 Å². The van der Waals surface area contributed by atoms with Gasteiger partial charge in [-0.25, -0.2) is 0 Å². The van der Waals surface area contributed by atoms with Crippen LogP contribution in [0.25, 0.3) is 44.1 Å². The fourth-order valence-electron chi connectivity index (χ4n) is 3.54. The molecule has 0 aliphatic rings. The molecule has 5 aromatic rings. The molecule has 1 aromatic heterocycles. The van der Waals surface area contributed by atoms with Crippen LogP contribution in [0, 0.1) is 6.07 Å². The van der Waals surface area contributed by atoms with Crippen LogP contribution in [0.2, 0.25) is 0 Å². The van der Waals surface area contributed by atoms with E-state index in [9.17, 15) is 0 Å². The predicted octanol–water partition coefficient (Wildman–Crippen LogP) is 6.52. The Morgan fingerprint density at radius 3 is 2.30 bits per heavy atom. The summed E-state index contributed by atoms with van der Waals surface area (Å²) < 4.78 is 0. The van der Waals surface area contributed by atoms with Gasteiger partial charge in [-0.3, -0.25) is 4.98 Å². The molecule has 0 N–H and O–H groups in total.